The van der Waals surface area contributed by atoms with Crippen LogP contribution < -0.4 is 15.0 Å². The molecule has 10 heteroatoms. The van der Waals surface area contributed by atoms with Crippen LogP contribution in [0.2, 0.25) is 0 Å². The van der Waals surface area contributed by atoms with Crippen LogP contribution in [0, 0.1) is 0 Å². The van der Waals surface area contributed by atoms with Gasteiger partial charge in [-0.25, -0.2) is 17.8 Å². The molecule has 1 aromatic carbocycles. The summed E-state index contributed by atoms with van der Waals surface area (Å²) in [6.07, 6.45) is 3.22. The van der Waals surface area contributed by atoms with Crippen LogP contribution in [0.1, 0.15) is 62.4 Å². The molecule has 2 aliphatic heterocycles. The number of amides is 2. The summed E-state index contributed by atoms with van der Waals surface area (Å²) in [6, 6.07) is 8.34. The fraction of sp³-hybridized carbons (Fsp3) is 0.500. The van der Waals surface area contributed by atoms with Crippen molar-refractivity contribution >= 4 is 33.2 Å². The van der Waals surface area contributed by atoms with Crippen molar-refractivity contribution in [3.63, 3.8) is 0 Å². The largest absolute Gasteiger partial charge is 0.490 e. The van der Waals surface area contributed by atoms with Crippen LogP contribution in [0.4, 0.5) is 15.9 Å². The molecule has 192 valence electrons. The number of hydrogen-bond donors (Lipinski definition) is 1. The Bertz CT molecular complexity index is 1340. The smallest absolute Gasteiger partial charge is 0.251 e. The van der Waals surface area contributed by atoms with Crippen molar-refractivity contribution in [3.8, 4) is 5.75 Å². The van der Waals surface area contributed by atoms with E-state index in [2.05, 4.69) is 10.3 Å². The number of hydrogen-bond acceptors (Lipinski definition) is 6. The molecule has 3 heterocycles. The molecule has 5 rings (SSSR count). The molecule has 36 heavy (non-hydrogen) atoms. The highest BCUT2D eigenvalue weighted by atomic mass is 32.2. The highest BCUT2D eigenvalue weighted by Crippen LogP contribution is 2.46. The van der Waals surface area contributed by atoms with E-state index in [9.17, 15) is 22.4 Å². The first-order chi connectivity index (χ1) is 16.8. The number of aromatic nitrogens is 1. The molecule has 8 nitrogen and oxygen atoms in total. The molecule has 0 spiro atoms. The zero-order chi connectivity index (χ0) is 25.9. The number of halogens is 1. The Morgan fingerprint density at radius 3 is 2.47 bits per heavy atom. The highest BCUT2D eigenvalue weighted by molar-refractivity contribution is 7.91. The first kappa shape index (κ1) is 24.7. The number of nitrogens with zero attached hydrogens (tertiary/aromatic N) is 2. The van der Waals surface area contributed by atoms with Crippen LogP contribution in [0.5, 0.6) is 5.75 Å². The number of sulfone groups is 1. The summed E-state index contributed by atoms with van der Waals surface area (Å²) < 4.78 is 43.2. The number of carbonyl (C=O) groups is 2. The third-order valence-corrected chi connectivity index (χ3v) is 9.14. The average Bonchev–Trinajstić information content (AvgIpc) is 3.53. The predicted octanol–water partition coefficient (Wildman–Crippen LogP) is 3.62. The number of rotatable bonds is 6. The topological polar surface area (TPSA) is 106 Å². The molecular formula is C26H30FN3O5S. The molecule has 0 radical (unpaired) electrons. The van der Waals surface area contributed by atoms with Crippen molar-refractivity contribution < 1.29 is 27.1 Å². The fourth-order valence-electron chi connectivity index (χ4n) is 4.67. The van der Waals surface area contributed by atoms with E-state index in [-0.39, 0.29) is 29.9 Å². The zero-order valence-electron chi connectivity index (χ0n) is 20.6. The summed E-state index contributed by atoms with van der Waals surface area (Å²) in [7, 11) is -3.06. The number of nitrogens with one attached hydrogen (secondary N) is 1. The molecular weight excluding hydrogens is 485 g/mol. The van der Waals surface area contributed by atoms with E-state index in [0.29, 0.717) is 54.1 Å². The first-order valence-electron chi connectivity index (χ1n) is 12.1. The maximum Gasteiger partial charge on any atom is 0.251 e. The van der Waals surface area contributed by atoms with Crippen LogP contribution in [0.3, 0.4) is 0 Å². The Morgan fingerprint density at radius 2 is 1.81 bits per heavy atom. The lowest BCUT2D eigenvalue weighted by Crippen LogP contribution is -2.50. The second-order valence-electron chi connectivity index (χ2n) is 11.0. The third kappa shape index (κ3) is 4.58. The number of benzene rings is 1. The second kappa shape index (κ2) is 8.26. The number of fused-ring (bicyclic) bond motifs is 1. The van der Waals surface area contributed by atoms with Crippen LogP contribution in [-0.2, 0) is 20.0 Å². The van der Waals surface area contributed by atoms with Crippen molar-refractivity contribution in [3.05, 3.63) is 47.7 Å². The second-order valence-corrected chi connectivity index (χ2v) is 13.3. The Kier molecular flexibility index (Phi) is 5.66. The van der Waals surface area contributed by atoms with Gasteiger partial charge in [0.1, 0.15) is 33.7 Å². The maximum atomic E-state index is 14.0. The Balaban J connectivity index is 1.39. The zero-order valence-corrected chi connectivity index (χ0v) is 21.5. The van der Waals surface area contributed by atoms with Gasteiger partial charge < -0.3 is 10.1 Å². The van der Waals surface area contributed by atoms with Gasteiger partial charge in [-0.15, -0.1) is 0 Å². The minimum absolute atomic E-state index is 0.0319. The standard InChI is InChI=1S/C26H30FN3O5S/c1-24(2)19-14-17(22(31)29-25(3)9-12-36(33,34)13-10-25)4-5-20(19)30(23(24)32)21-15-18(6-11-28-21)35-16-26(27)7-8-26/h4-6,11,14-15H,7-10,12-13,16H2,1-3H3,(H,29,31). The van der Waals surface area contributed by atoms with Crippen molar-refractivity contribution in [1.82, 2.24) is 10.3 Å². The first-order valence-corrected chi connectivity index (χ1v) is 13.9. The van der Waals surface area contributed by atoms with Gasteiger partial charge in [-0.3, -0.25) is 14.5 Å². The van der Waals surface area contributed by atoms with Crippen LogP contribution in [0.15, 0.2) is 36.5 Å². The summed E-state index contributed by atoms with van der Waals surface area (Å²) in [5, 5.41) is 3.00. The summed E-state index contributed by atoms with van der Waals surface area (Å²) >= 11 is 0. The quantitative estimate of drug-likeness (QED) is 0.630. The molecule has 1 aliphatic carbocycles. The average molecular weight is 516 g/mol. The minimum atomic E-state index is -3.06. The van der Waals surface area contributed by atoms with Gasteiger partial charge in [-0.2, -0.15) is 0 Å². The lowest BCUT2D eigenvalue weighted by Gasteiger charge is -2.34. The molecule has 1 aromatic heterocycles. The van der Waals surface area contributed by atoms with E-state index in [4.69, 9.17) is 4.74 Å². The molecule has 1 N–H and O–H groups in total. The molecule has 3 aliphatic rings. The number of alkyl halides is 1. The predicted molar refractivity (Wildman–Crippen MR) is 133 cm³/mol. The summed E-state index contributed by atoms with van der Waals surface area (Å²) in [4.78, 5) is 32.4. The molecule has 0 atom stereocenters. The third-order valence-electron chi connectivity index (χ3n) is 7.49. The van der Waals surface area contributed by atoms with Crippen molar-refractivity contribution in [2.24, 2.45) is 0 Å². The van der Waals surface area contributed by atoms with E-state index in [0.717, 1.165) is 0 Å². The minimum Gasteiger partial charge on any atom is -0.490 e. The van der Waals surface area contributed by atoms with Gasteiger partial charge >= 0.3 is 0 Å². The summed E-state index contributed by atoms with van der Waals surface area (Å²) in [5.74, 6) is 0.380. The van der Waals surface area contributed by atoms with Crippen LogP contribution in [-0.4, -0.2) is 54.5 Å². The molecule has 0 bridgehead atoms. The molecule has 1 saturated heterocycles. The van der Waals surface area contributed by atoms with Gasteiger partial charge in [0.2, 0.25) is 5.91 Å². The normalized spacial score (nSPS) is 22.6. The molecule has 2 fully saturated rings. The van der Waals surface area contributed by atoms with Gasteiger partial charge in [-0.05, 0) is 76.3 Å². The molecule has 2 amide bonds. The number of pyridine rings is 1. The number of carbonyl (C=O) groups excluding carboxylic acids is 2. The summed E-state index contributed by atoms with van der Waals surface area (Å²) in [6.45, 7) is 5.42. The molecule has 1 saturated carbocycles. The van der Waals surface area contributed by atoms with E-state index >= 15 is 0 Å². The Hall–Kier alpha value is -3.01. The molecule has 0 unspecified atom stereocenters. The monoisotopic (exact) mass is 515 g/mol. The Labute approximate surface area is 210 Å². The van der Waals surface area contributed by atoms with Gasteiger partial charge in [0.05, 0.1) is 22.6 Å². The Morgan fingerprint density at radius 1 is 1.11 bits per heavy atom. The van der Waals surface area contributed by atoms with Crippen molar-refractivity contribution in [2.45, 2.75) is 63.1 Å². The van der Waals surface area contributed by atoms with E-state index in [1.807, 2.05) is 6.92 Å². The van der Waals surface area contributed by atoms with Gasteiger partial charge in [-0.1, -0.05) is 0 Å². The lowest BCUT2D eigenvalue weighted by atomic mass is 9.85. The van der Waals surface area contributed by atoms with Gasteiger partial charge in [0.15, 0.2) is 0 Å². The maximum absolute atomic E-state index is 14.0. The number of ether oxygens (including phenoxy) is 1. The van der Waals surface area contributed by atoms with Crippen molar-refractivity contribution in [1.29, 1.82) is 0 Å². The van der Waals surface area contributed by atoms with Gasteiger partial charge in [0.25, 0.3) is 5.91 Å². The lowest BCUT2D eigenvalue weighted by molar-refractivity contribution is -0.121. The van der Waals surface area contributed by atoms with Crippen LogP contribution >= 0.6 is 0 Å². The molecule has 2 aromatic rings. The van der Waals surface area contributed by atoms with E-state index < -0.39 is 26.5 Å². The fourth-order valence-corrected chi connectivity index (χ4v) is 6.40. The van der Waals surface area contributed by atoms with E-state index in [1.165, 1.54) is 11.1 Å². The van der Waals surface area contributed by atoms with Gasteiger partial charge in [0, 0.05) is 23.4 Å². The van der Waals surface area contributed by atoms with Crippen LogP contribution in [0.25, 0.3) is 0 Å². The number of anilines is 2. The SMILES string of the molecule is CC1(NC(=O)c2ccc3c(c2)C(C)(C)C(=O)N3c2cc(OCC3(F)CC3)ccn2)CCS(=O)(=O)CC1. The highest BCUT2D eigenvalue weighted by Gasteiger charge is 2.46. The summed E-state index contributed by atoms with van der Waals surface area (Å²) in [5.41, 5.74) is -1.09. The van der Waals surface area contributed by atoms with E-state index in [1.54, 1.807) is 44.2 Å². The van der Waals surface area contributed by atoms with Crippen molar-refractivity contribution in [2.75, 3.05) is 23.0 Å².